The van der Waals surface area contributed by atoms with E-state index in [1.165, 1.54) is 6.08 Å². The lowest BCUT2D eigenvalue weighted by Gasteiger charge is -1.99. The fraction of sp³-hybridized carbons (Fsp3) is 0. The number of carbonyl (C=O) groups excluding carboxylic acids is 1. The summed E-state index contributed by atoms with van der Waals surface area (Å²) in [5.41, 5.74) is 0.947. The van der Waals surface area contributed by atoms with Gasteiger partial charge in [-0.15, -0.1) is 0 Å². The lowest BCUT2D eigenvalue weighted by atomic mass is 10.2. The van der Waals surface area contributed by atoms with Gasteiger partial charge in [0.15, 0.2) is 0 Å². The van der Waals surface area contributed by atoms with Gasteiger partial charge in [0.2, 0.25) is 0 Å². The van der Waals surface area contributed by atoms with Crippen molar-refractivity contribution < 1.29 is 9.53 Å². The Morgan fingerprint density at radius 1 is 1.00 bits per heavy atom. The van der Waals surface area contributed by atoms with Crippen LogP contribution in [0.4, 0.5) is 0 Å². The van der Waals surface area contributed by atoms with Crippen molar-refractivity contribution in [2.24, 2.45) is 0 Å². The Hall–Kier alpha value is -1.87. The second kappa shape index (κ2) is 6.17. The third-order valence-corrected chi connectivity index (χ3v) is 2.77. The highest BCUT2D eigenvalue weighted by Crippen LogP contribution is 2.12. The molecule has 0 unspecified atom stereocenters. The molecular weight excluding hydrogens is 292 g/mol. The van der Waals surface area contributed by atoms with Gasteiger partial charge in [-0.25, -0.2) is 4.79 Å². The van der Waals surface area contributed by atoms with Gasteiger partial charge in [-0.2, -0.15) is 0 Å². The Morgan fingerprint density at radius 2 is 1.67 bits per heavy atom. The summed E-state index contributed by atoms with van der Waals surface area (Å²) in [6, 6.07) is 16.7. The van der Waals surface area contributed by atoms with Crippen LogP contribution in [-0.2, 0) is 4.79 Å². The molecular formula is C15H11BrO2. The van der Waals surface area contributed by atoms with Crippen LogP contribution >= 0.6 is 15.9 Å². The fourth-order valence-corrected chi connectivity index (χ4v) is 1.64. The van der Waals surface area contributed by atoms with E-state index < -0.39 is 0 Å². The van der Waals surface area contributed by atoms with Crippen molar-refractivity contribution in [3.8, 4) is 5.75 Å². The zero-order chi connectivity index (χ0) is 12.8. The van der Waals surface area contributed by atoms with Crippen LogP contribution < -0.4 is 4.74 Å². The van der Waals surface area contributed by atoms with Crippen LogP contribution in [0.3, 0.4) is 0 Å². The quantitative estimate of drug-likeness (QED) is 0.485. The SMILES string of the molecule is O=C(C=Cc1ccc(Br)cc1)Oc1ccccc1. The van der Waals surface area contributed by atoms with Crippen molar-refractivity contribution in [3.05, 3.63) is 70.7 Å². The van der Waals surface area contributed by atoms with Crippen molar-refractivity contribution in [1.82, 2.24) is 0 Å². The van der Waals surface area contributed by atoms with Gasteiger partial charge in [-0.3, -0.25) is 0 Å². The lowest BCUT2D eigenvalue weighted by molar-refractivity contribution is -0.128. The predicted molar refractivity (Wildman–Crippen MR) is 75.3 cm³/mol. The minimum Gasteiger partial charge on any atom is -0.423 e. The van der Waals surface area contributed by atoms with Gasteiger partial charge in [0.1, 0.15) is 5.75 Å². The number of para-hydroxylation sites is 1. The van der Waals surface area contributed by atoms with E-state index in [0.717, 1.165) is 10.0 Å². The average molecular weight is 303 g/mol. The smallest absolute Gasteiger partial charge is 0.336 e. The van der Waals surface area contributed by atoms with Crippen LogP contribution in [0.5, 0.6) is 5.75 Å². The van der Waals surface area contributed by atoms with E-state index in [9.17, 15) is 4.79 Å². The maximum atomic E-state index is 11.5. The number of benzene rings is 2. The second-order valence-electron chi connectivity index (χ2n) is 3.62. The number of hydrogen-bond donors (Lipinski definition) is 0. The number of carbonyl (C=O) groups is 1. The summed E-state index contributed by atoms with van der Waals surface area (Å²) in [6.07, 6.45) is 3.13. The van der Waals surface area contributed by atoms with Crippen molar-refractivity contribution >= 4 is 28.0 Å². The number of ether oxygens (including phenoxy) is 1. The van der Waals surface area contributed by atoms with E-state index in [2.05, 4.69) is 15.9 Å². The molecule has 0 aliphatic rings. The summed E-state index contributed by atoms with van der Waals surface area (Å²) in [5, 5.41) is 0. The molecule has 0 radical (unpaired) electrons. The monoisotopic (exact) mass is 302 g/mol. The highest BCUT2D eigenvalue weighted by atomic mass is 79.9. The molecule has 0 fully saturated rings. The minimum atomic E-state index is -0.385. The largest absolute Gasteiger partial charge is 0.423 e. The first-order valence-corrected chi connectivity index (χ1v) is 6.24. The van der Waals surface area contributed by atoms with Crippen LogP contribution in [0.2, 0.25) is 0 Å². The Balaban J connectivity index is 1.97. The molecule has 0 spiro atoms. The highest BCUT2D eigenvalue weighted by Gasteiger charge is 1.98. The summed E-state index contributed by atoms with van der Waals surface area (Å²) < 4.78 is 6.13. The van der Waals surface area contributed by atoms with Crippen LogP contribution in [-0.4, -0.2) is 5.97 Å². The van der Waals surface area contributed by atoms with E-state index in [1.807, 2.05) is 42.5 Å². The zero-order valence-electron chi connectivity index (χ0n) is 9.55. The van der Waals surface area contributed by atoms with Gasteiger partial charge in [-0.1, -0.05) is 46.3 Å². The first kappa shape index (κ1) is 12.6. The molecule has 0 N–H and O–H groups in total. The Bertz CT molecular complexity index is 544. The Labute approximate surface area is 114 Å². The predicted octanol–water partition coefficient (Wildman–Crippen LogP) is 4.07. The molecule has 0 bridgehead atoms. The molecule has 0 aliphatic heterocycles. The molecule has 0 heterocycles. The summed E-state index contributed by atoms with van der Waals surface area (Å²) in [6.45, 7) is 0. The molecule has 2 rings (SSSR count). The maximum absolute atomic E-state index is 11.5. The third kappa shape index (κ3) is 3.86. The molecule has 0 amide bonds. The normalized spacial score (nSPS) is 10.5. The van der Waals surface area contributed by atoms with Gasteiger partial charge < -0.3 is 4.74 Å². The standard InChI is InChI=1S/C15H11BrO2/c16-13-9-6-12(7-10-13)8-11-15(17)18-14-4-2-1-3-5-14/h1-11H. The van der Waals surface area contributed by atoms with E-state index in [-0.39, 0.29) is 5.97 Å². The molecule has 90 valence electrons. The average Bonchev–Trinajstić information content (AvgIpc) is 2.39. The van der Waals surface area contributed by atoms with Crippen LogP contribution in [0.15, 0.2) is 65.1 Å². The first-order chi connectivity index (χ1) is 8.74. The molecule has 2 aromatic rings. The topological polar surface area (TPSA) is 26.3 Å². The lowest BCUT2D eigenvalue weighted by Crippen LogP contribution is -2.03. The van der Waals surface area contributed by atoms with Crippen LogP contribution in [0, 0.1) is 0 Å². The van der Waals surface area contributed by atoms with Crippen molar-refractivity contribution in [3.63, 3.8) is 0 Å². The molecule has 0 saturated heterocycles. The number of esters is 1. The second-order valence-corrected chi connectivity index (χ2v) is 4.53. The third-order valence-electron chi connectivity index (χ3n) is 2.24. The number of rotatable bonds is 3. The highest BCUT2D eigenvalue weighted by molar-refractivity contribution is 9.10. The van der Waals surface area contributed by atoms with Gasteiger partial charge in [0, 0.05) is 10.5 Å². The summed E-state index contributed by atoms with van der Waals surface area (Å²) in [7, 11) is 0. The molecule has 0 atom stereocenters. The Morgan fingerprint density at radius 3 is 2.33 bits per heavy atom. The Kier molecular flexibility index (Phi) is 4.31. The van der Waals surface area contributed by atoms with Crippen LogP contribution in [0.25, 0.3) is 6.08 Å². The molecule has 2 aromatic carbocycles. The van der Waals surface area contributed by atoms with Crippen molar-refractivity contribution in [2.75, 3.05) is 0 Å². The summed E-state index contributed by atoms with van der Waals surface area (Å²) >= 11 is 3.35. The van der Waals surface area contributed by atoms with E-state index in [0.29, 0.717) is 5.75 Å². The first-order valence-electron chi connectivity index (χ1n) is 5.44. The van der Waals surface area contributed by atoms with Gasteiger partial charge in [0.25, 0.3) is 0 Å². The molecule has 0 aliphatic carbocycles. The van der Waals surface area contributed by atoms with Gasteiger partial charge >= 0.3 is 5.97 Å². The fourth-order valence-electron chi connectivity index (χ4n) is 1.38. The summed E-state index contributed by atoms with van der Waals surface area (Å²) in [5.74, 6) is 0.159. The number of hydrogen-bond acceptors (Lipinski definition) is 2. The summed E-state index contributed by atoms with van der Waals surface area (Å²) in [4.78, 5) is 11.5. The van der Waals surface area contributed by atoms with E-state index in [4.69, 9.17) is 4.74 Å². The molecule has 2 nitrogen and oxygen atoms in total. The molecule has 0 aromatic heterocycles. The van der Waals surface area contributed by atoms with Crippen molar-refractivity contribution in [2.45, 2.75) is 0 Å². The zero-order valence-corrected chi connectivity index (χ0v) is 11.1. The van der Waals surface area contributed by atoms with Gasteiger partial charge in [-0.05, 0) is 35.9 Å². The minimum absolute atomic E-state index is 0.385. The maximum Gasteiger partial charge on any atom is 0.336 e. The molecule has 3 heteroatoms. The van der Waals surface area contributed by atoms with Gasteiger partial charge in [0.05, 0.1) is 0 Å². The van der Waals surface area contributed by atoms with E-state index in [1.54, 1.807) is 18.2 Å². The molecule has 0 saturated carbocycles. The molecule has 18 heavy (non-hydrogen) atoms. The van der Waals surface area contributed by atoms with E-state index >= 15 is 0 Å². The van der Waals surface area contributed by atoms with Crippen molar-refractivity contribution in [1.29, 1.82) is 0 Å². The van der Waals surface area contributed by atoms with Crippen LogP contribution in [0.1, 0.15) is 5.56 Å². The number of halogens is 1.